The molecule has 2 heterocycles. The van der Waals surface area contributed by atoms with Crippen LogP contribution >= 0.6 is 0 Å². The number of anilines is 1. The van der Waals surface area contributed by atoms with Crippen LogP contribution in [-0.2, 0) is 4.79 Å². The SMILES string of the molecule is O=C(O)C1CCN(C(=O)Nc2cccnc2)CC1. The molecule has 1 fully saturated rings. The van der Waals surface area contributed by atoms with Crippen LogP contribution in [0, 0.1) is 5.92 Å². The van der Waals surface area contributed by atoms with Gasteiger partial charge < -0.3 is 15.3 Å². The third-order valence-electron chi connectivity index (χ3n) is 3.04. The second-order valence-corrected chi connectivity index (χ2v) is 4.27. The van der Waals surface area contributed by atoms with Crippen molar-refractivity contribution in [1.29, 1.82) is 0 Å². The minimum Gasteiger partial charge on any atom is -0.481 e. The van der Waals surface area contributed by atoms with E-state index < -0.39 is 5.97 Å². The fourth-order valence-electron chi connectivity index (χ4n) is 1.97. The van der Waals surface area contributed by atoms with Crippen LogP contribution in [0.4, 0.5) is 10.5 Å². The first-order chi connectivity index (χ1) is 8.66. The Hall–Kier alpha value is -2.11. The monoisotopic (exact) mass is 249 g/mol. The molecule has 0 saturated carbocycles. The van der Waals surface area contributed by atoms with Crippen molar-refractivity contribution in [3.05, 3.63) is 24.5 Å². The van der Waals surface area contributed by atoms with E-state index in [1.54, 1.807) is 29.4 Å². The lowest BCUT2D eigenvalue weighted by Gasteiger charge is -2.30. The molecule has 0 bridgehead atoms. The lowest BCUT2D eigenvalue weighted by molar-refractivity contribution is -0.143. The van der Waals surface area contributed by atoms with Gasteiger partial charge in [-0.2, -0.15) is 0 Å². The number of nitrogens with one attached hydrogen (secondary N) is 1. The standard InChI is InChI=1S/C12H15N3O3/c16-11(17)9-3-6-15(7-4-9)12(18)14-10-2-1-5-13-8-10/h1-2,5,8-9H,3-4,6-7H2,(H,14,18)(H,16,17). The summed E-state index contributed by atoms with van der Waals surface area (Å²) in [5, 5.41) is 11.6. The Kier molecular flexibility index (Phi) is 3.76. The third-order valence-corrected chi connectivity index (χ3v) is 3.04. The Labute approximate surface area is 105 Å². The molecule has 96 valence electrons. The molecule has 1 aliphatic heterocycles. The fourth-order valence-corrected chi connectivity index (χ4v) is 1.97. The normalized spacial score (nSPS) is 16.3. The fraction of sp³-hybridized carbons (Fsp3) is 0.417. The molecule has 0 aromatic carbocycles. The molecule has 1 aromatic heterocycles. The number of pyridine rings is 1. The Balaban J connectivity index is 1.86. The van der Waals surface area contributed by atoms with Gasteiger partial charge in [-0.1, -0.05) is 0 Å². The van der Waals surface area contributed by atoms with Gasteiger partial charge in [0.15, 0.2) is 0 Å². The van der Waals surface area contributed by atoms with Crippen molar-refractivity contribution < 1.29 is 14.7 Å². The number of carbonyl (C=O) groups is 2. The molecule has 2 rings (SSSR count). The summed E-state index contributed by atoms with van der Waals surface area (Å²) in [5.74, 6) is -1.10. The number of carboxylic acid groups (broad SMARTS) is 1. The van der Waals surface area contributed by atoms with Crippen LogP contribution in [0.2, 0.25) is 0 Å². The smallest absolute Gasteiger partial charge is 0.321 e. The molecule has 0 unspecified atom stereocenters. The largest absolute Gasteiger partial charge is 0.481 e. The summed E-state index contributed by atoms with van der Waals surface area (Å²) in [6.07, 6.45) is 4.22. The van der Waals surface area contributed by atoms with Crippen molar-refractivity contribution >= 4 is 17.7 Å². The van der Waals surface area contributed by atoms with Gasteiger partial charge in [-0.05, 0) is 25.0 Å². The number of piperidine rings is 1. The molecular formula is C12H15N3O3. The molecule has 1 saturated heterocycles. The van der Waals surface area contributed by atoms with Gasteiger partial charge in [0.25, 0.3) is 0 Å². The van der Waals surface area contributed by atoms with Gasteiger partial charge in [-0.15, -0.1) is 0 Å². The van der Waals surface area contributed by atoms with Crippen molar-refractivity contribution in [3.8, 4) is 0 Å². The van der Waals surface area contributed by atoms with Gasteiger partial charge in [-0.3, -0.25) is 9.78 Å². The minimum absolute atomic E-state index is 0.202. The molecule has 0 spiro atoms. The first kappa shape index (κ1) is 12.3. The van der Waals surface area contributed by atoms with Gasteiger partial charge in [-0.25, -0.2) is 4.79 Å². The van der Waals surface area contributed by atoms with E-state index in [4.69, 9.17) is 5.11 Å². The summed E-state index contributed by atoms with van der Waals surface area (Å²) < 4.78 is 0. The maximum Gasteiger partial charge on any atom is 0.321 e. The van der Waals surface area contributed by atoms with E-state index in [2.05, 4.69) is 10.3 Å². The van der Waals surface area contributed by atoms with E-state index in [-0.39, 0.29) is 11.9 Å². The summed E-state index contributed by atoms with van der Waals surface area (Å²) in [6, 6.07) is 3.30. The number of likely N-dealkylation sites (tertiary alicyclic amines) is 1. The highest BCUT2D eigenvalue weighted by atomic mass is 16.4. The van der Waals surface area contributed by atoms with Crippen LogP contribution in [0.25, 0.3) is 0 Å². The zero-order valence-electron chi connectivity index (χ0n) is 9.87. The van der Waals surface area contributed by atoms with Crippen molar-refractivity contribution in [1.82, 2.24) is 9.88 Å². The van der Waals surface area contributed by atoms with Crippen molar-refractivity contribution in [3.63, 3.8) is 0 Å². The van der Waals surface area contributed by atoms with Crippen LogP contribution in [0.1, 0.15) is 12.8 Å². The number of nitrogens with zero attached hydrogens (tertiary/aromatic N) is 2. The van der Waals surface area contributed by atoms with Crippen LogP contribution in [0.15, 0.2) is 24.5 Å². The molecule has 6 nitrogen and oxygen atoms in total. The van der Waals surface area contributed by atoms with Crippen LogP contribution in [-0.4, -0.2) is 40.1 Å². The topological polar surface area (TPSA) is 82.5 Å². The maximum absolute atomic E-state index is 11.9. The molecule has 6 heteroatoms. The summed E-state index contributed by atoms with van der Waals surface area (Å²) in [5.41, 5.74) is 0.642. The Morgan fingerprint density at radius 2 is 2.11 bits per heavy atom. The second kappa shape index (κ2) is 5.48. The zero-order valence-corrected chi connectivity index (χ0v) is 9.87. The molecule has 2 N–H and O–H groups in total. The summed E-state index contributed by atoms with van der Waals surface area (Å²) >= 11 is 0. The van der Waals surface area contributed by atoms with Crippen LogP contribution in [0.3, 0.4) is 0 Å². The highest BCUT2D eigenvalue weighted by molar-refractivity contribution is 5.89. The van der Waals surface area contributed by atoms with Gasteiger partial charge in [0.05, 0.1) is 17.8 Å². The first-order valence-electron chi connectivity index (χ1n) is 5.85. The molecule has 0 atom stereocenters. The zero-order chi connectivity index (χ0) is 13.0. The van der Waals surface area contributed by atoms with Crippen molar-refractivity contribution in [2.45, 2.75) is 12.8 Å². The summed E-state index contributed by atoms with van der Waals surface area (Å²) in [7, 11) is 0. The number of hydrogen-bond donors (Lipinski definition) is 2. The third kappa shape index (κ3) is 2.97. The second-order valence-electron chi connectivity index (χ2n) is 4.27. The van der Waals surface area contributed by atoms with Gasteiger partial charge in [0.1, 0.15) is 0 Å². The molecule has 1 aliphatic rings. The quantitative estimate of drug-likeness (QED) is 0.830. The van der Waals surface area contributed by atoms with E-state index in [9.17, 15) is 9.59 Å². The van der Waals surface area contributed by atoms with E-state index in [1.165, 1.54) is 0 Å². The number of aromatic nitrogens is 1. The van der Waals surface area contributed by atoms with E-state index in [0.717, 1.165) is 0 Å². The summed E-state index contributed by atoms with van der Waals surface area (Å²) in [6.45, 7) is 0.951. The molecule has 18 heavy (non-hydrogen) atoms. The molecular weight excluding hydrogens is 234 g/mol. The van der Waals surface area contributed by atoms with Crippen molar-refractivity contribution in [2.24, 2.45) is 5.92 Å². The maximum atomic E-state index is 11.9. The number of aliphatic carboxylic acids is 1. The number of urea groups is 1. The number of amides is 2. The summed E-state index contributed by atoms with van der Waals surface area (Å²) in [4.78, 5) is 28.2. The Bertz CT molecular complexity index is 427. The Morgan fingerprint density at radius 1 is 1.39 bits per heavy atom. The number of carboxylic acids is 1. The first-order valence-corrected chi connectivity index (χ1v) is 5.85. The van der Waals surface area contributed by atoms with Gasteiger partial charge in [0.2, 0.25) is 0 Å². The predicted molar refractivity (Wildman–Crippen MR) is 65.2 cm³/mol. The van der Waals surface area contributed by atoms with E-state index >= 15 is 0 Å². The number of rotatable bonds is 2. The lowest BCUT2D eigenvalue weighted by Crippen LogP contribution is -2.42. The van der Waals surface area contributed by atoms with E-state index in [1.807, 2.05) is 0 Å². The average molecular weight is 249 g/mol. The highest BCUT2D eigenvalue weighted by Gasteiger charge is 2.26. The highest BCUT2D eigenvalue weighted by Crippen LogP contribution is 2.18. The molecule has 0 radical (unpaired) electrons. The molecule has 0 aliphatic carbocycles. The van der Waals surface area contributed by atoms with Gasteiger partial charge in [0, 0.05) is 19.3 Å². The lowest BCUT2D eigenvalue weighted by atomic mass is 9.97. The molecule has 1 aromatic rings. The van der Waals surface area contributed by atoms with Crippen molar-refractivity contribution in [2.75, 3.05) is 18.4 Å². The van der Waals surface area contributed by atoms with Gasteiger partial charge >= 0.3 is 12.0 Å². The van der Waals surface area contributed by atoms with Crippen LogP contribution < -0.4 is 5.32 Å². The predicted octanol–water partition coefficient (Wildman–Crippen LogP) is 1.41. The Morgan fingerprint density at radius 3 is 2.67 bits per heavy atom. The molecule has 2 amide bonds. The number of hydrogen-bond acceptors (Lipinski definition) is 3. The average Bonchev–Trinajstić information content (AvgIpc) is 2.40. The minimum atomic E-state index is -0.776. The van der Waals surface area contributed by atoms with E-state index in [0.29, 0.717) is 31.6 Å². The van der Waals surface area contributed by atoms with Crippen LogP contribution in [0.5, 0.6) is 0 Å². The number of carbonyl (C=O) groups excluding carboxylic acids is 1.